The van der Waals surface area contributed by atoms with E-state index in [4.69, 9.17) is 9.72 Å². The molecule has 0 bridgehead atoms. The van der Waals surface area contributed by atoms with E-state index in [0.29, 0.717) is 37.6 Å². The van der Waals surface area contributed by atoms with Gasteiger partial charge < -0.3 is 14.5 Å². The number of carbonyl (C=O) groups is 1. The molecule has 0 aliphatic carbocycles. The number of rotatable bonds is 4. The lowest BCUT2D eigenvalue weighted by molar-refractivity contribution is -0.384. The lowest BCUT2D eigenvalue weighted by atomic mass is 10.1. The molecule has 9 heteroatoms. The molecule has 5 rings (SSSR count). The molecule has 1 atom stereocenters. The first-order chi connectivity index (χ1) is 15.1. The Labute approximate surface area is 183 Å². The first-order valence-electron chi connectivity index (χ1n) is 10.4. The first kappa shape index (κ1) is 19.9. The summed E-state index contributed by atoms with van der Waals surface area (Å²) >= 11 is 1.64. The normalized spacial score (nSPS) is 19.2. The van der Waals surface area contributed by atoms with Crippen LogP contribution in [0.5, 0.6) is 0 Å². The molecule has 3 aromatic rings. The summed E-state index contributed by atoms with van der Waals surface area (Å²) in [6.45, 7) is 2.70. The number of nitro benzene ring substituents is 1. The van der Waals surface area contributed by atoms with Gasteiger partial charge >= 0.3 is 0 Å². The molecule has 8 nitrogen and oxygen atoms in total. The summed E-state index contributed by atoms with van der Waals surface area (Å²) in [7, 11) is 0. The molecule has 1 amide bonds. The number of amides is 1. The quantitative estimate of drug-likeness (QED) is 0.452. The number of thiazole rings is 1. The molecule has 0 spiro atoms. The summed E-state index contributed by atoms with van der Waals surface area (Å²) in [4.78, 5) is 32.9. The molecule has 0 radical (unpaired) electrons. The Morgan fingerprint density at radius 2 is 1.97 bits per heavy atom. The third-order valence-corrected chi connectivity index (χ3v) is 7.01. The molecule has 2 aromatic carbocycles. The van der Waals surface area contributed by atoms with E-state index in [9.17, 15) is 14.9 Å². The van der Waals surface area contributed by atoms with Crippen LogP contribution >= 0.6 is 11.3 Å². The van der Waals surface area contributed by atoms with Gasteiger partial charge in [0.05, 0.1) is 34.4 Å². The third-order valence-electron chi connectivity index (χ3n) is 5.88. The highest BCUT2D eigenvalue weighted by molar-refractivity contribution is 7.18. The molecular weight excluding hydrogens is 416 g/mol. The number of anilines is 1. The van der Waals surface area contributed by atoms with Gasteiger partial charge in [-0.2, -0.15) is 0 Å². The fourth-order valence-corrected chi connectivity index (χ4v) is 5.45. The molecule has 2 fully saturated rings. The van der Waals surface area contributed by atoms with Gasteiger partial charge in [0.15, 0.2) is 0 Å². The second kappa shape index (κ2) is 8.24. The van der Waals surface area contributed by atoms with Crippen molar-refractivity contribution in [1.29, 1.82) is 0 Å². The average Bonchev–Trinajstić information content (AvgIpc) is 3.45. The van der Waals surface area contributed by atoms with E-state index in [1.165, 1.54) is 6.07 Å². The van der Waals surface area contributed by atoms with Crippen molar-refractivity contribution in [2.75, 3.05) is 37.7 Å². The van der Waals surface area contributed by atoms with Crippen molar-refractivity contribution >= 4 is 38.8 Å². The van der Waals surface area contributed by atoms with Crippen LogP contribution in [0.3, 0.4) is 0 Å². The molecule has 1 unspecified atom stereocenters. The first-order valence-corrected chi connectivity index (χ1v) is 11.2. The standard InChI is InChI=1S/C22H22N4O4S/c27-22(24-10-12-30-13-11-24)15-7-8-17(19(14-15)26(28)29)25-9-3-5-18(25)21-23-16-4-1-2-6-20(16)31-21/h1-2,4,6-8,14,18H,3,5,9-13H2. The van der Waals surface area contributed by atoms with Crippen molar-refractivity contribution in [1.82, 2.24) is 9.88 Å². The Kier molecular flexibility index (Phi) is 5.29. The van der Waals surface area contributed by atoms with Gasteiger partial charge in [0, 0.05) is 31.3 Å². The van der Waals surface area contributed by atoms with E-state index in [1.807, 2.05) is 24.3 Å². The molecule has 160 valence electrons. The third kappa shape index (κ3) is 3.75. The Hall–Kier alpha value is -3.04. The van der Waals surface area contributed by atoms with Crippen molar-refractivity contribution < 1.29 is 14.5 Å². The van der Waals surface area contributed by atoms with Crippen LogP contribution < -0.4 is 4.90 Å². The van der Waals surface area contributed by atoms with Crippen LogP contribution in [-0.4, -0.2) is 53.6 Å². The summed E-state index contributed by atoms with van der Waals surface area (Å²) < 4.78 is 6.41. The minimum absolute atomic E-state index is 0.00288. The lowest BCUT2D eigenvalue weighted by Gasteiger charge is -2.28. The van der Waals surface area contributed by atoms with E-state index in [2.05, 4.69) is 4.90 Å². The zero-order valence-corrected chi connectivity index (χ0v) is 17.7. The maximum atomic E-state index is 12.8. The van der Waals surface area contributed by atoms with Gasteiger partial charge in [-0.3, -0.25) is 14.9 Å². The molecule has 2 saturated heterocycles. The Bertz CT molecular complexity index is 1110. The van der Waals surface area contributed by atoms with Gasteiger partial charge in [0.25, 0.3) is 11.6 Å². The molecule has 0 saturated carbocycles. The molecular formula is C22H22N4O4S. The number of nitro groups is 1. The molecule has 31 heavy (non-hydrogen) atoms. The van der Waals surface area contributed by atoms with Crippen LogP contribution in [0.4, 0.5) is 11.4 Å². The minimum atomic E-state index is -0.390. The smallest absolute Gasteiger partial charge is 0.293 e. The minimum Gasteiger partial charge on any atom is -0.378 e. The number of morpholine rings is 1. The number of aromatic nitrogens is 1. The SMILES string of the molecule is O=C(c1ccc(N2CCCC2c2nc3ccccc3s2)c([N+](=O)[O-])c1)N1CCOCC1. The molecule has 3 heterocycles. The summed E-state index contributed by atoms with van der Waals surface area (Å²) in [6, 6.07) is 12.8. The Balaban J connectivity index is 1.48. The van der Waals surface area contributed by atoms with E-state index < -0.39 is 0 Å². The summed E-state index contributed by atoms with van der Waals surface area (Å²) in [5, 5.41) is 12.9. The van der Waals surface area contributed by atoms with Crippen LogP contribution in [0.15, 0.2) is 42.5 Å². The van der Waals surface area contributed by atoms with E-state index in [1.54, 1.807) is 28.4 Å². The average molecular weight is 439 g/mol. The number of hydrogen-bond donors (Lipinski definition) is 0. The fourth-order valence-electron chi connectivity index (χ4n) is 4.34. The molecule has 2 aliphatic rings. The van der Waals surface area contributed by atoms with Crippen molar-refractivity contribution in [2.45, 2.75) is 18.9 Å². The number of ether oxygens (including phenoxy) is 1. The zero-order valence-electron chi connectivity index (χ0n) is 16.9. The van der Waals surface area contributed by atoms with Gasteiger partial charge in [0.1, 0.15) is 10.7 Å². The van der Waals surface area contributed by atoms with Gasteiger partial charge in [-0.15, -0.1) is 11.3 Å². The van der Waals surface area contributed by atoms with Crippen molar-refractivity contribution in [3.8, 4) is 0 Å². The number of fused-ring (bicyclic) bond motifs is 1. The highest BCUT2D eigenvalue weighted by Gasteiger charge is 2.33. The topological polar surface area (TPSA) is 88.8 Å². The maximum Gasteiger partial charge on any atom is 0.293 e. The highest BCUT2D eigenvalue weighted by Crippen LogP contribution is 2.42. The summed E-state index contributed by atoms with van der Waals surface area (Å²) in [5.41, 5.74) is 1.81. The molecule has 2 aliphatic heterocycles. The van der Waals surface area contributed by atoms with Crippen molar-refractivity contribution in [3.05, 3.63) is 63.1 Å². The summed E-state index contributed by atoms with van der Waals surface area (Å²) in [6.07, 6.45) is 1.83. The van der Waals surface area contributed by atoms with Crippen LogP contribution in [-0.2, 0) is 4.74 Å². The predicted octanol–water partition coefficient (Wildman–Crippen LogP) is 4.02. The Morgan fingerprint density at radius 3 is 2.74 bits per heavy atom. The highest BCUT2D eigenvalue weighted by atomic mass is 32.1. The second-order valence-corrected chi connectivity index (χ2v) is 8.80. The van der Waals surface area contributed by atoms with Gasteiger partial charge in [-0.1, -0.05) is 12.1 Å². The van der Waals surface area contributed by atoms with Crippen LogP contribution in [0.2, 0.25) is 0 Å². The van der Waals surface area contributed by atoms with Gasteiger partial charge in [-0.05, 0) is 37.1 Å². The fraction of sp³-hybridized carbons (Fsp3) is 0.364. The Morgan fingerprint density at radius 1 is 1.16 bits per heavy atom. The number of hydrogen-bond acceptors (Lipinski definition) is 7. The predicted molar refractivity (Wildman–Crippen MR) is 119 cm³/mol. The molecule has 1 aromatic heterocycles. The van der Waals surface area contributed by atoms with Crippen molar-refractivity contribution in [2.24, 2.45) is 0 Å². The van der Waals surface area contributed by atoms with E-state index in [-0.39, 0.29) is 22.6 Å². The maximum absolute atomic E-state index is 12.8. The lowest BCUT2D eigenvalue weighted by Crippen LogP contribution is -2.40. The zero-order chi connectivity index (χ0) is 21.4. The number of carbonyl (C=O) groups excluding carboxylic acids is 1. The molecule has 0 N–H and O–H groups in total. The van der Waals surface area contributed by atoms with E-state index in [0.717, 1.165) is 34.6 Å². The number of para-hydroxylation sites is 1. The van der Waals surface area contributed by atoms with Crippen LogP contribution in [0.25, 0.3) is 10.2 Å². The van der Waals surface area contributed by atoms with E-state index >= 15 is 0 Å². The van der Waals surface area contributed by atoms with Crippen LogP contribution in [0.1, 0.15) is 34.2 Å². The largest absolute Gasteiger partial charge is 0.378 e. The monoisotopic (exact) mass is 438 g/mol. The summed E-state index contributed by atoms with van der Waals surface area (Å²) in [5.74, 6) is -0.193. The van der Waals surface area contributed by atoms with Gasteiger partial charge in [-0.25, -0.2) is 4.98 Å². The number of benzene rings is 2. The number of nitrogens with zero attached hydrogens (tertiary/aromatic N) is 4. The van der Waals surface area contributed by atoms with Gasteiger partial charge in [0.2, 0.25) is 0 Å². The van der Waals surface area contributed by atoms with Crippen molar-refractivity contribution in [3.63, 3.8) is 0 Å². The second-order valence-electron chi connectivity index (χ2n) is 7.74. The van der Waals surface area contributed by atoms with Crippen LogP contribution in [0, 0.1) is 10.1 Å².